The normalized spacial score (nSPS) is 15.0. The van der Waals surface area contributed by atoms with Crippen molar-refractivity contribution < 1.29 is 4.74 Å². The van der Waals surface area contributed by atoms with Gasteiger partial charge in [-0.25, -0.2) is 4.98 Å². The topological polar surface area (TPSA) is 22.1 Å². The number of hydrogen-bond donors (Lipinski definition) is 0. The zero-order valence-electron chi connectivity index (χ0n) is 7.16. The summed E-state index contributed by atoms with van der Waals surface area (Å²) in [5.74, 6) is 3.09. The highest BCUT2D eigenvalue weighted by molar-refractivity contribution is 6.32. The second kappa shape index (κ2) is 3.14. The van der Waals surface area contributed by atoms with Crippen LogP contribution in [-0.4, -0.2) is 18.9 Å². The molecule has 13 heavy (non-hydrogen) atoms. The molecule has 2 rings (SSSR count). The lowest BCUT2D eigenvalue weighted by Gasteiger charge is -2.06. The minimum atomic E-state index is 0.315. The van der Waals surface area contributed by atoms with Gasteiger partial charge in [0.25, 0.3) is 0 Å². The third-order valence-corrected chi connectivity index (χ3v) is 1.83. The average molecular weight is 169 g/mol. The molecule has 0 aliphatic heterocycles. The van der Waals surface area contributed by atoms with Crippen LogP contribution in [0, 0.1) is 12.3 Å². The van der Waals surface area contributed by atoms with E-state index in [-0.39, 0.29) is 0 Å². The summed E-state index contributed by atoms with van der Waals surface area (Å²) in [6, 6.07) is 1.72. The summed E-state index contributed by atoms with van der Waals surface area (Å²) in [6.45, 7) is 0. The molecular weight excluding hydrogens is 161 g/mol. The quantitative estimate of drug-likeness (QED) is 0.472. The molecule has 0 amide bonds. The Hall–Kier alpha value is -1.43. The highest BCUT2D eigenvalue weighted by Crippen LogP contribution is 2.27. The van der Waals surface area contributed by atoms with E-state index >= 15 is 0 Å². The lowest BCUT2D eigenvalue weighted by atomic mass is 9.98. The van der Waals surface area contributed by atoms with Crippen molar-refractivity contribution in [3.63, 3.8) is 0 Å². The molecule has 0 N–H and O–H groups in total. The highest BCUT2D eigenvalue weighted by atomic mass is 16.5. The Morgan fingerprint density at radius 1 is 1.62 bits per heavy atom. The van der Waals surface area contributed by atoms with Gasteiger partial charge in [-0.1, -0.05) is 5.46 Å². The molecule has 0 atom stereocenters. The molecule has 0 saturated heterocycles. The number of hydrogen-bond acceptors (Lipinski definition) is 2. The second-order valence-electron chi connectivity index (χ2n) is 3.08. The Morgan fingerprint density at radius 3 is 3.00 bits per heavy atom. The summed E-state index contributed by atoms with van der Waals surface area (Å²) in [7, 11) is 5.57. The van der Waals surface area contributed by atoms with Gasteiger partial charge < -0.3 is 4.74 Å². The third kappa shape index (κ3) is 1.84. The predicted octanol–water partition coefficient (Wildman–Crippen LogP) is 0.398. The van der Waals surface area contributed by atoms with Gasteiger partial charge in [0, 0.05) is 6.20 Å². The number of pyridine rings is 1. The Kier molecular flexibility index (Phi) is 1.98. The van der Waals surface area contributed by atoms with Gasteiger partial charge in [0.05, 0.1) is 6.10 Å². The summed E-state index contributed by atoms with van der Waals surface area (Å²) in [6.07, 6.45) is 9.31. The van der Waals surface area contributed by atoms with Gasteiger partial charge in [-0.15, -0.1) is 6.42 Å². The van der Waals surface area contributed by atoms with Gasteiger partial charge in [-0.2, -0.15) is 0 Å². The summed E-state index contributed by atoms with van der Waals surface area (Å²) in [5.41, 5.74) is 1.11. The fourth-order valence-corrected chi connectivity index (χ4v) is 1.02. The van der Waals surface area contributed by atoms with Crippen LogP contribution >= 0.6 is 0 Å². The van der Waals surface area contributed by atoms with E-state index in [2.05, 4.69) is 10.9 Å². The smallest absolute Gasteiger partial charge is 0.154 e. The highest BCUT2D eigenvalue weighted by Gasteiger charge is 2.24. The lowest BCUT2D eigenvalue weighted by Crippen LogP contribution is -2.08. The van der Waals surface area contributed by atoms with Crippen LogP contribution in [0.15, 0.2) is 12.3 Å². The first-order valence-corrected chi connectivity index (χ1v) is 4.18. The van der Waals surface area contributed by atoms with Crippen molar-refractivity contribution in [1.82, 2.24) is 4.98 Å². The van der Waals surface area contributed by atoms with E-state index in [1.807, 2.05) is 0 Å². The maximum Gasteiger partial charge on any atom is 0.154 e. The minimum Gasteiger partial charge on any atom is -0.487 e. The number of aromatic nitrogens is 1. The van der Waals surface area contributed by atoms with Gasteiger partial charge in [0.2, 0.25) is 0 Å². The third-order valence-electron chi connectivity index (χ3n) is 1.83. The molecule has 0 unspecified atom stereocenters. The molecule has 0 aromatic carbocycles. The lowest BCUT2D eigenvalue weighted by molar-refractivity contribution is 0.301. The van der Waals surface area contributed by atoms with Gasteiger partial charge in [0.15, 0.2) is 11.4 Å². The number of terminal acetylenes is 1. The molecule has 1 aromatic rings. The molecule has 1 aliphatic rings. The largest absolute Gasteiger partial charge is 0.487 e. The van der Waals surface area contributed by atoms with E-state index in [1.165, 1.54) is 6.20 Å². The monoisotopic (exact) mass is 169 g/mol. The molecule has 1 saturated carbocycles. The van der Waals surface area contributed by atoms with Crippen LogP contribution in [0.4, 0.5) is 0 Å². The number of ether oxygens (including phenoxy) is 1. The summed E-state index contributed by atoms with van der Waals surface area (Å²) >= 11 is 0. The average Bonchev–Trinajstić information content (AvgIpc) is 2.89. The first-order chi connectivity index (χ1) is 6.29. The zero-order valence-corrected chi connectivity index (χ0v) is 7.16. The van der Waals surface area contributed by atoms with Crippen LogP contribution in [0.25, 0.3) is 0 Å². The summed E-state index contributed by atoms with van der Waals surface area (Å²) in [4.78, 5) is 3.99. The van der Waals surface area contributed by atoms with E-state index in [9.17, 15) is 0 Å². The molecule has 1 heterocycles. The first-order valence-electron chi connectivity index (χ1n) is 4.18. The van der Waals surface area contributed by atoms with Gasteiger partial charge in [-0.05, 0) is 24.8 Å². The second-order valence-corrected chi connectivity index (χ2v) is 3.08. The molecule has 2 radical (unpaired) electrons. The van der Waals surface area contributed by atoms with Crippen molar-refractivity contribution in [2.75, 3.05) is 0 Å². The van der Waals surface area contributed by atoms with E-state index in [0.29, 0.717) is 23.0 Å². The summed E-state index contributed by atoms with van der Waals surface area (Å²) in [5, 5.41) is 0. The molecule has 0 spiro atoms. The van der Waals surface area contributed by atoms with Crippen LogP contribution in [0.2, 0.25) is 0 Å². The first kappa shape index (κ1) is 8.19. The maximum atomic E-state index is 5.57. The predicted molar refractivity (Wildman–Crippen MR) is 51.2 cm³/mol. The van der Waals surface area contributed by atoms with Crippen molar-refractivity contribution in [3.8, 4) is 18.1 Å². The van der Waals surface area contributed by atoms with Crippen LogP contribution in [0.5, 0.6) is 5.75 Å². The Bertz CT molecular complexity index is 366. The van der Waals surface area contributed by atoms with Gasteiger partial charge in [-0.3, -0.25) is 0 Å². The molecule has 1 aromatic heterocycles. The molecule has 62 valence electrons. The standard InChI is InChI=1S/C10H8BNO/c1-2-9-10(13-8-3-4-8)5-7(11)6-12-9/h1,5-6,8H,3-4H2. The van der Waals surface area contributed by atoms with Gasteiger partial charge >= 0.3 is 0 Å². The van der Waals surface area contributed by atoms with Crippen LogP contribution in [0.1, 0.15) is 18.5 Å². The van der Waals surface area contributed by atoms with Crippen molar-refractivity contribution in [2.24, 2.45) is 0 Å². The SMILES string of the molecule is [B]c1cnc(C#C)c(OC2CC2)c1. The van der Waals surface area contributed by atoms with Crippen molar-refractivity contribution in [1.29, 1.82) is 0 Å². The minimum absolute atomic E-state index is 0.315. The fraction of sp³-hybridized carbons (Fsp3) is 0.300. The molecule has 2 nitrogen and oxygen atoms in total. The molecule has 0 bridgehead atoms. The molecule has 1 aliphatic carbocycles. The van der Waals surface area contributed by atoms with Crippen LogP contribution < -0.4 is 10.2 Å². The van der Waals surface area contributed by atoms with Crippen LogP contribution in [0.3, 0.4) is 0 Å². The van der Waals surface area contributed by atoms with Crippen molar-refractivity contribution in [3.05, 3.63) is 18.0 Å². The molecule has 1 fully saturated rings. The molecular formula is C10H8BNO. The fourth-order valence-electron chi connectivity index (χ4n) is 1.02. The van der Waals surface area contributed by atoms with Crippen LogP contribution in [-0.2, 0) is 0 Å². The van der Waals surface area contributed by atoms with Crippen molar-refractivity contribution in [2.45, 2.75) is 18.9 Å². The van der Waals surface area contributed by atoms with Crippen molar-refractivity contribution >= 4 is 13.3 Å². The van der Waals surface area contributed by atoms with Gasteiger partial charge in [0.1, 0.15) is 7.85 Å². The summed E-state index contributed by atoms with van der Waals surface area (Å²) < 4.78 is 5.54. The zero-order chi connectivity index (χ0) is 9.26. The van der Waals surface area contributed by atoms with E-state index in [0.717, 1.165) is 12.8 Å². The van der Waals surface area contributed by atoms with E-state index in [1.54, 1.807) is 6.07 Å². The Balaban J connectivity index is 2.29. The van der Waals surface area contributed by atoms with E-state index in [4.69, 9.17) is 19.0 Å². The maximum absolute atomic E-state index is 5.57. The Morgan fingerprint density at radius 2 is 2.38 bits per heavy atom. The number of nitrogens with zero attached hydrogens (tertiary/aromatic N) is 1. The van der Waals surface area contributed by atoms with E-state index < -0.39 is 0 Å². The Labute approximate surface area is 78.7 Å². The molecule has 3 heteroatoms. The number of rotatable bonds is 2.